The van der Waals surface area contributed by atoms with Crippen LogP contribution in [0.4, 0.5) is 0 Å². The first-order chi connectivity index (χ1) is 6.77. The van der Waals surface area contributed by atoms with E-state index in [1.54, 1.807) is 11.3 Å². The molecule has 14 heavy (non-hydrogen) atoms. The van der Waals surface area contributed by atoms with Crippen molar-refractivity contribution in [2.24, 2.45) is 27.6 Å². The van der Waals surface area contributed by atoms with Crippen LogP contribution in [0.5, 0.6) is 0 Å². The largest absolute Gasteiger partial charge is 0.369 e. The molecule has 0 aromatic carbocycles. The molecule has 0 spiro atoms. The molecule has 0 bridgehead atoms. The van der Waals surface area contributed by atoms with Gasteiger partial charge in [0.1, 0.15) is 0 Å². The van der Waals surface area contributed by atoms with E-state index in [0.717, 1.165) is 10.6 Å². The summed E-state index contributed by atoms with van der Waals surface area (Å²) in [6.07, 6.45) is 2.38. The molecule has 0 aliphatic heterocycles. The minimum absolute atomic E-state index is 0.0136. The number of hydrogen-bond donors (Lipinski definition) is 2. The molecule has 0 radical (unpaired) electrons. The normalized spacial score (nSPS) is 16.7. The van der Waals surface area contributed by atoms with Crippen molar-refractivity contribution in [1.29, 1.82) is 0 Å². The molecule has 1 aliphatic carbocycles. The maximum absolute atomic E-state index is 5.24. The Bertz CT molecular complexity index is 358. The van der Waals surface area contributed by atoms with Gasteiger partial charge in [0.2, 0.25) is 5.96 Å². The Labute approximate surface area is 86.3 Å². The minimum atomic E-state index is 0.0136. The van der Waals surface area contributed by atoms with Crippen LogP contribution in [-0.2, 0) is 0 Å². The first-order valence-corrected chi connectivity index (χ1v) is 5.35. The molecule has 74 valence electrons. The quantitative estimate of drug-likeness (QED) is 0.444. The summed E-state index contributed by atoms with van der Waals surface area (Å²) in [5, 5.41) is 9.83. The van der Waals surface area contributed by atoms with E-state index in [4.69, 9.17) is 11.5 Å². The van der Waals surface area contributed by atoms with E-state index in [1.165, 1.54) is 12.8 Å². The predicted molar refractivity (Wildman–Crippen MR) is 59.4 cm³/mol. The summed E-state index contributed by atoms with van der Waals surface area (Å²) in [6, 6.07) is 4.05. The molecule has 2 rings (SSSR count). The Morgan fingerprint density at radius 3 is 2.64 bits per heavy atom. The van der Waals surface area contributed by atoms with E-state index in [1.807, 2.05) is 17.5 Å². The highest BCUT2D eigenvalue weighted by Crippen LogP contribution is 2.34. The van der Waals surface area contributed by atoms with Crippen molar-refractivity contribution in [2.45, 2.75) is 12.8 Å². The lowest BCUT2D eigenvalue weighted by Gasteiger charge is -1.97. The zero-order chi connectivity index (χ0) is 9.97. The molecule has 0 atom stereocenters. The van der Waals surface area contributed by atoms with Gasteiger partial charge in [-0.1, -0.05) is 6.07 Å². The van der Waals surface area contributed by atoms with Gasteiger partial charge in [0, 0.05) is 5.92 Å². The molecule has 1 aliphatic rings. The van der Waals surface area contributed by atoms with E-state index in [-0.39, 0.29) is 5.96 Å². The summed E-state index contributed by atoms with van der Waals surface area (Å²) in [5.41, 5.74) is 11.5. The average Bonchev–Trinajstić information content (AvgIpc) is 2.81. The standard InChI is InChI=1S/C9H12N4S/c10-9(11)13-12-8(6-3-4-6)7-2-1-5-14-7/h1-2,5-6H,3-4H2,(H4,10,11,13)/b12-8-. The lowest BCUT2D eigenvalue weighted by Crippen LogP contribution is -2.22. The molecule has 0 saturated heterocycles. The molecule has 1 saturated carbocycles. The van der Waals surface area contributed by atoms with E-state index >= 15 is 0 Å². The Balaban J connectivity index is 2.24. The summed E-state index contributed by atoms with van der Waals surface area (Å²) in [7, 11) is 0. The maximum Gasteiger partial charge on any atom is 0.211 e. The van der Waals surface area contributed by atoms with Gasteiger partial charge in [0.05, 0.1) is 10.6 Å². The van der Waals surface area contributed by atoms with Crippen LogP contribution in [0.3, 0.4) is 0 Å². The highest BCUT2D eigenvalue weighted by molar-refractivity contribution is 7.12. The van der Waals surface area contributed by atoms with Gasteiger partial charge in [-0.15, -0.1) is 16.4 Å². The summed E-state index contributed by atoms with van der Waals surface area (Å²) >= 11 is 1.67. The van der Waals surface area contributed by atoms with Crippen LogP contribution in [0, 0.1) is 5.92 Å². The molecule has 4 N–H and O–H groups in total. The third kappa shape index (κ3) is 2.11. The number of nitrogens with zero attached hydrogens (tertiary/aromatic N) is 2. The van der Waals surface area contributed by atoms with Crippen molar-refractivity contribution < 1.29 is 0 Å². The van der Waals surface area contributed by atoms with Crippen molar-refractivity contribution in [3.05, 3.63) is 22.4 Å². The summed E-state index contributed by atoms with van der Waals surface area (Å²) < 4.78 is 0. The van der Waals surface area contributed by atoms with Crippen LogP contribution in [0.2, 0.25) is 0 Å². The van der Waals surface area contributed by atoms with Crippen molar-refractivity contribution in [2.75, 3.05) is 0 Å². The number of rotatable bonds is 3. The highest BCUT2D eigenvalue weighted by Gasteiger charge is 2.29. The molecule has 1 aromatic rings. The van der Waals surface area contributed by atoms with Gasteiger partial charge in [-0.25, -0.2) is 0 Å². The zero-order valence-corrected chi connectivity index (χ0v) is 8.50. The van der Waals surface area contributed by atoms with Gasteiger partial charge in [0.25, 0.3) is 0 Å². The monoisotopic (exact) mass is 208 g/mol. The molecular formula is C9H12N4S. The van der Waals surface area contributed by atoms with Crippen molar-refractivity contribution in [1.82, 2.24) is 0 Å². The van der Waals surface area contributed by atoms with E-state index in [0.29, 0.717) is 5.92 Å². The summed E-state index contributed by atoms with van der Waals surface area (Å²) in [4.78, 5) is 1.16. The maximum atomic E-state index is 5.24. The van der Waals surface area contributed by atoms with Gasteiger partial charge in [0.15, 0.2) is 0 Å². The molecule has 5 heteroatoms. The fourth-order valence-electron chi connectivity index (χ4n) is 1.22. The second-order valence-corrected chi connectivity index (χ2v) is 4.21. The van der Waals surface area contributed by atoms with Gasteiger partial charge < -0.3 is 11.5 Å². The van der Waals surface area contributed by atoms with Gasteiger partial charge in [-0.2, -0.15) is 5.10 Å². The lowest BCUT2D eigenvalue weighted by molar-refractivity contribution is 1.12. The Morgan fingerprint density at radius 2 is 2.14 bits per heavy atom. The molecule has 0 amide bonds. The number of hydrogen-bond acceptors (Lipinski definition) is 3. The van der Waals surface area contributed by atoms with Crippen LogP contribution >= 0.6 is 11.3 Å². The van der Waals surface area contributed by atoms with Gasteiger partial charge >= 0.3 is 0 Å². The summed E-state index contributed by atoms with van der Waals surface area (Å²) in [6.45, 7) is 0. The molecule has 4 nitrogen and oxygen atoms in total. The van der Waals surface area contributed by atoms with E-state index in [9.17, 15) is 0 Å². The number of nitrogens with two attached hydrogens (primary N) is 2. The fourth-order valence-corrected chi connectivity index (χ4v) is 2.01. The number of thiophene rings is 1. The fraction of sp³-hybridized carbons (Fsp3) is 0.333. The highest BCUT2D eigenvalue weighted by atomic mass is 32.1. The topological polar surface area (TPSA) is 76.8 Å². The molecule has 1 aromatic heterocycles. The van der Waals surface area contributed by atoms with Crippen molar-refractivity contribution >= 4 is 23.0 Å². The third-order valence-corrected chi connectivity index (χ3v) is 2.90. The summed E-state index contributed by atoms with van der Waals surface area (Å²) in [5.74, 6) is 0.566. The van der Waals surface area contributed by atoms with Crippen molar-refractivity contribution in [3.63, 3.8) is 0 Å². The van der Waals surface area contributed by atoms with E-state index < -0.39 is 0 Å². The van der Waals surface area contributed by atoms with Gasteiger partial charge in [-0.3, -0.25) is 0 Å². The molecular weight excluding hydrogens is 196 g/mol. The lowest BCUT2D eigenvalue weighted by atomic mass is 10.2. The van der Waals surface area contributed by atoms with Crippen LogP contribution < -0.4 is 11.5 Å². The Kier molecular flexibility index (Phi) is 2.49. The third-order valence-electron chi connectivity index (χ3n) is 2.01. The smallest absolute Gasteiger partial charge is 0.211 e. The van der Waals surface area contributed by atoms with Gasteiger partial charge in [-0.05, 0) is 24.3 Å². The van der Waals surface area contributed by atoms with Crippen LogP contribution in [0.25, 0.3) is 0 Å². The molecule has 1 fully saturated rings. The van der Waals surface area contributed by atoms with Crippen LogP contribution in [-0.4, -0.2) is 11.7 Å². The van der Waals surface area contributed by atoms with Crippen molar-refractivity contribution in [3.8, 4) is 0 Å². The molecule has 0 unspecified atom stereocenters. The molecule has 1 heterocycles. The van der Waals surface area contributed by atoms with E-state index in [2.05, 4.69) is 10.2 Å². The first kappa shape index (κ1) is 9.21. The Hall–Kier alpha value is -1.36. The predicted octanol–water partition coefficient (Wildman–Crippen LogP) is 1.14. The SMILES string of the molecule is NC(N)=N/N=C(\c1cccs1)C1CC1. The first-order valence-electron chi connectivity index (χ1n) is 4.47. The second kappa shape index (κ2) is 3.79. The Morgan fingerprint density at radius 1 is 1.36 bits per heavy atom. The minimum Gasteiger partial charge on any atom is -0.369 e. The van der Waals surface area contributed by atoms with Crippen LogP contribution in [0.15, 0.2) is 27.7 Å². The second-order valence-electron chi connectivity index (χ2n) is 3.26. The number of guanidine groups is 1. The average molecular weight is 208 g/mol. The zero-order valence-electron chi connectivity index (χ0n) is 7.68. The van der Waals surface area contributed by atoms with Crippen LogP contribution in [0.1, 0.15) is 17.7 Å².